The smallest absolute Gasteiger partial charge is 0.407 e. The lowest BCUT2D eigenvalue weighted by Gasteiger charge is -2.35. The molecule has 1 aliphatic heterocycles. The third kappa shape index (κ3) is 7.15. The molecule has 1 fully saturated rings. The number of alkyl halides is 6. The van der Waals surface area contributed by atoms with E-state index in [1.54, 1.807) is 24.3 Å². The van der Waals surface area contributed by atoms with Gasteiger partial charge in [0.25, 0.3) is 18.3 Å². The Bertz CT molecular complexity index is 2010. The molecule has 2 amide bonds. The molecule has 3 N–H and O–H groups in total. The van der Waals surface area contributed by atoms with Crippen LogP contribution in [0.5, 0.6) is 0 Å². The molecule has 2 aliphatic rings. The average Bonchev–Trinajstić information content (AvgIpc) is 3.53. The highest BCUT2D eigenvalue weighted by Gasteiger charge is 2.58. The predicted octanol–water partition coefficient (Wildman–Crippen LogP) is 6.78. The number of aromatic nitrogens is 5. The van der Waals surface area contributed by atoms with Crippen LogP contribution in [0.25, 0.3) is 16.8 Å². The van der Waals surface area contributed by atoms with E-state index in [1.807, 2.05) is 20.8 Å². The third-order valence-electron chi connectivity index (χ3n) is 8.56. The minimum atomic E-state index is -3.09. The van der Waals surface area contributed by atoms with Crippen LogP contribution in [0.4, 0.5) is 31.1 Å². The maximum absolute atomic E-state index is 14.8. The van der Waals surface area contributed by atoms with Crippen LogP contribution in [-0.2, 0) is 15.1 Å². The molecule has 3 heterocycles. The number of hydrogen-bond acceptors (Lipinski definition) is 8. The monoisotopic (exact) mass is 751 g/mol. The Balaban J connectivity index is 1.39. The van der Waals surface area contributed by atoms with Gasteiger partial charge in [0, 0.05) is 18.2 Å². The van der Waals surface area contributed by atoms with E-state index >= 15 is 0 Å². The minimum Gasteiger partial charge on any atom is -0.447 e. The first-order valence-electron chi connectivity index (χ1n) is 15.8. The summed E-state index contributed by atoms with van der Waals surface area (Å²) in [5.41, 5.74) is 5.80. The lowest BCUT2D eigenvalue weighted by Crippen LogP contribution is -2.47. The fraction of sp³-hybridized carbons (Fsp3) is 0.394. The highest BCUT2D eigenvalue weighted by molar-refractivity contribution is 6.32. The van der Waals surface area contributed by atoms with E-state index in [2.05, 4.69) is 20.5 Å². The van der Waals surface area contributed by atoms with E-state index in [0.29, 0.717) is 21.4 Å². The molecule has 6 rings (SSSR count). The molecule has 4 aromatic rings. The lowest BCUT2D eigenvalue weighted by atomic mass is 9.75. The first-order valence-corrected chi connectivity index (χ1v) is 16.2. The number of halogens is 7. The van der Waals surface area contributed by atoms with Gasteiger partial charge in [0.2, 0.25) is 0 Å². The second kappa shape index (κ2) is 13.4. The largest absolute Gasteiger partial charge is 0.447 e. The van der Waals surface area contributed by atoms with Crippen LogP contribution in [0.1, 0.15) is 69.6 Å². The molecular formula is C33H32ClF6N9O3. The third-order valence-corrected chi connectivity index (χ3v) is 8.88. The average molecular weight is 752 g/mol. The number of nitrogens with two attached hydrogens (primary N) is 1. The molecule has 3 atom stereocenters. The van der Waals surface area contributed by atoms with Gasteiger partial charge in [-0.2, -0.15) is 19.0 Å². The molecule has 276 valence electrons. The quantitative estimate of drug-likeness (QED) is 0.161. The molecule has 12 nitrogen and oxygen atoms in total. The van der Waals surface area contributed by atoms with E-state index in [0.717, 1.165) is 15.9 Å². The summed E-state index contributed by atoms with van der Waals surface area (Å²) < 4.78 is 87.7. The summed E-state index contributed by atoms with van der Waals surface area (Å²) in [4.78, 5) is 36.9. The molecule has 1 saturated carbocycles. The van der Waals surface area contributed by atoms with Crippen molar-refractivity contribution in [2.75, 3.05) is 6.61 Å². The van der Waals surface area contributed by atoms with E-state index < -0.39 is 72.8 Å². The van der Waals surface area contributed by atoms with Gasteiger partial charge >= 0.3 is 12.6 Å². The highest BCUT2D eigenvalue weighted by Crippen LogP contribution is 2.46. The summed E-state index contributed by atoms with van der Waals surface area (Å²) in [6.07, 6.45) is -1.30. The number of nitrogens with one attached hydrogen (secondary N) is 1. The molecule has 0 bridgehead atoms. The highest BCUT2D eigenvalue weighted by atomic mass is 35.5. The number of aliphatic imine (C=N–C) groups is 1. The summed E-state index contributed by atoms with van der Waals surface area (Å²) in [6, 6.07) is 7.91. The van der Waals surface area contributed by atoms with Gasteiger partial charge in [-0.1, -0.05) is 62.7 Å². The van der Waals surface area contributed by atoms with E-state index in [1.165, 1.54) is 30.6 Å². The Morgan fingerprint density at radius 1 is 1.10 bits per heavy atom. The van der Waals surface area contributed by atoms with Crippen molar-refractivity contribution in [2.45, 2.75) is 70.1 Å². The number of carbonyl (C=O) groups is 2. The first-order chi connectivity index (χ1) is 24.4. The standard InChI is InChI=1S/C33H32ClF6N9O3/c1-31(2,3)15-32(20-7-4-17(5-8-20)19-12-43-47(13-19)28(37)38)27(50)48(29(41)46-32)23(14-52-30(51)45-24-11-33(24,39)40)18-6-9-21(34)22(10-18)49-26(25(35)36)42-16-44-49/h4-10,12-13,16,23-25,28H,11,14-15H2,1-3H3,(H2,41,46)(H,45,51)/t23-,24?,32-/m1/s1. The van der Waals surface area contributed by atoms with Crippen LogP contribution in [0, 0.1) is 5.41 Å². The second-order valence-corrected chi connectivity index (χ2v) is 14.0. The summed E-state index contributed by atoms with van der Waals surface area (Å²) in [6.45, 7) is 2.18. The first kappa shape index (κ1) is 36.7. The van der Waals surface area contributed by atoms with Crippen molar-refractivity contribution in [1.82, 2.24) is 34.8 Å². The summed E-state index contributed by atoms with van der Waals surface area (Å²) in [7, 11) is 0. The number of benzene rings is 2. The molecule has 0 spiro atoms. The Hall–Kier alpha value is -5.13. The number of amides is 2. The predicted molar refractivity (Wildman–Crippen MR) is 175 cm³/mol. The molecular weight excluding hydrogens is 720 g/mol. The van der Waals surface area contributed by atoms with Crippen LogP contribution >= 0.6 is 11.6 Å². The molecule has 2 aromatic carbocycles. The van der Waals surface area contributed by atoms with Crippen molar-refractivity contribution >= 4 is 29.6 Å². The Labute approximate surface area is 297 Å². The summed E-state index contributed by atoms with van der Waals surface area (Å²) >= 11 is 6.41. The SMILES string of the molecule is CC(C)(C)C[C@]1(c2ccc(-c3cnn(C(F)F)c3)cc2)N=C(N)N([C@H](COC(=O)NC2CC2(F)F)c2ccc(Cl)c(-n3ncnc3C(F)F)c2)C1=O. The zero-order chi connectivity index (χ0) is 37.7. The van der Waals surface area contributed by atoms with Gasteiger partial charge in [-0.15, -0.1) is 0 Å². The number of rotatable bonds is 11. The Kier molecular flexibility index (Phi) is 9.48. The molecule has 0 saturated heterocycles. The van der Waals surface area contributed by atoms with Gasteiger partial charge in [-0.3, -0.25) is 9.69 Å². The number of hydrogen-bond donors (Lipinski definition) is 2. The number of nitrogens with zero attached hydrogens (tertiary/aromatic N) is 7. The van der Waals surface area contributed by atoms with Crippen molar-refractivity contribution in [3.63, 3.8) is 0 Å². The van der Waals surface area contributed by atoms with Crippen molar-refractivity contribution in [1.29, 1.82) is 0 Å². The molecule has 52 heavy (non-hydrogen) atoms. The number of guanidine groups is 1. The van der Waals surface area contributed by atoms with Crippen LogP contribution in [0.15, 0.2) is 66.2 Å². The van der Waals surface area contributed by atoms with Crippen molar-refractivity contribution < 1.29 is 40.7 Å². The van der Waals surface area contributed by atoms with E-state index in [4.69, 9.17) is 27.1 Å². The van der Waals surface area contributed by atoms with E-state index in [-0.39, 0.29) is 28.7 Å². The lowest BCUT2D eigenvalue weighted by molar-refractivity contribution is -0.135. The van der Waals surface area contributed by atoms with Gasteiger partial charge in [-0.25, -0.2) is 41.7 Å². The minimum absolute atomic E-state index is 0.0137. The van der Waals surface area contributed by atoms with Crippen molar-refractivity contribution in [3.05, 3.63) is 83.2 Å². The molecule has 2 aromatic heterocycles. The van der Waals surface area contributed by atoms with Crippen LogP contribution < -0.4 is 11.1 Å². The molecule has 19 heteroatoms. The normalized spacial score (nSPS) is 20.4. The summed E-state index contributed by atoms with van der Waals surface area (Å²) in [5.74, 6) is -4.74. The fourth-order valence-electron chi connectivity index (χ4n) is 6.12. The number of ether oxygens (including phenoxy) is 1. The van der Waals surface area contributed by atoms with Gasteiger partial charge in [-0.05, 0) is 40.7 Å². The maximum Gasteiger partial charge on any atom is 0.407 e. The van der Waals surface area contributed by atoms with Crippen molar-refractivity contribution in [3.8, 4) is 16.8 Å². The summed E-state index contributed by atoms with van der Waals surface area (Å²) in [5, 5.41) is 9.60. The molecule has 1 aliphatic carbocycles. The van der Waals surface area contributed by atoms with E-state index in [9.17, 15) is 35.9 Å². The zero-order valence-electron chi connectivity index (χ0n) is 27.8. The van der Waals surface area contributed by atoms with Crippen LogP contribution in [0.3, 0.4) is 0 Å². The maximum atomic E-state index is 14.8. The molecule has 1 unspecified atom stereocenters. The van der Waals surface area contributed by atoms with Gasteiger partial charge in [0.1, 0.15) is 19.0 Å². The zero-order valence-corrected chi connectivity index (χ0v) is 28.5. The van der Waals surface area contributed by atoms with Crippen LogP contribution in [0.2, 0.25) is 5.02 Å². The molecule has 0 radical (unpaired) electrons. The second-order valence-electron chi connectivity index (χ2n) is 13.6. The Morgan fingerprint density at radius 3 is 2.38 bits per heavy atom. The van der Waals surface area contributed by atoms with Gasteiger partial charge in [0.15, 0.2) is 17.3 Å². The fourth-order valence-corrected chi connectivity index (χ4v) is 6.32. The topological polar surface area (TPSA) is 146 Å². The Morgan fingerprint density at radius 2 is 1.79 bits per heavy atom. The van der Waals surface area contributed by atoms with Crippen molar-refractivity contribution in [2.24, 2.45) is 16.1 Å². The van der Waals surface area contributed by atoms with Gasteiger partial charge in [0.05, 0.1) is 22.9 Å². The number of carbonyl (C=O) groups excluding carboxylic acids is 2. The van der Waals surface area contributed by atoms with Gasteiger partial charge < -0.3 is 15.8 Å². The van der Waals surface area contributed by atoms with Crippen LogP contribution in [-0.4, -0.2) is 66.0 Å². The number of alkyl carbamates (subject to hydrolysis) is 1.